The monoisotopic (exact) mass is 210 g/mol. The van der Waals surface area contributed by atoms with E-state index < -0.39 is 0 Å². The topological polar surface area (TPSA) is 38.5 Å². The Morgan fingerprint density at radius 1 is 1.20 bits per heavy atom. The van der Waals surface area contributed by atoms with Crippen molar-refractivity contribution in [2.75, 3.05) is 18.0 Å². The van der Waals surface area contributed by atoms with Crippen LogP contribution in [-0.4, -0.2) is 19.2 Å². The number of halogens is 1. The van der Waals surface area contributed by atoms with Crippen LogP contribution in [0.4, 0.5) is 10.1 Å². The van der Waals surface area contributed by atoms with E-state index in [-0.39, 0.29) is 11.9 Å². The van der Waals surface area contributed by atoms with Gasteiger partial charge in [-0.1, -0.05) is 0 Å². The van der Waals surface area contributed by atoms with Gasteiger partial charge in [0.05, 0.1) is 6.10 Å². The van der Waals surface area contributed by atoms with E-state index in [1.807, 2.05) is 0 Å². The molecule has 2 rings (SSSR count). The molecule has 0 radical (unpaired) electrons. The molecule has 15 heavy (non-hydrogen) atoms. The normalized spacial score (nSPS) is 18.1. The number of benzene rings is 1. The third kappa shape index (κ3) is 2.46. The Kier molecular flexibility index (Phi) is 3.18. The largest absolute Gasteiger partial charge is 0.371 e. The first-order chi connectivity index (χ1) is 7.29. The molecule has 0 aliphatic carbocycles. The molecule has 1 aromatic rings. The van der Waals surface area contributed by atoms with Gasteiger partial charge in [-0.15, -0.1) is 0 Å². The SMILES string of the molecule is NOC1CCN(c2ccc(F)cc2)CC1. The highest BCUT2D eigenvalue weighted by atomic mass is 19.1. The van der Waals surface area contributed by atoms with E-state index in [0.29, 0.717) is 0 Å². The number of nitrogens with zero attached hydrogens (tertiary/aromatic N) is 1. The van der Waals surface area contributed by atoms with Gasteiger partial charge in [-0.05, 0) is 37.1 Å². The summed E-state index contributed by atoms with van der Waals surface area (Å²) in [5, 5.41) is 0. The summed E-state index contributed by atoms with van der Waals surface area (Å²) in [6.45, 7) is 1.82. The average Bonchev–Trinajstić information content (AvgIpc) is 2.30. The second-order valence-corrected chi connectivity index (χ2v) is 3.80. The standard InChI is InChI=1S/C11H15FN2O/c12-9-1-3-10(4-2-9)14-7-5-11(15-13)6-8-14/h1-4,11H,5-8,13H2. The maximum absolute atomic E-state index is 12.7. The molecule has 0 atom stereocenters. The van der Waals surface area contributed by atoms with Crippen LogP contribution in [0.25, 0.3) is 0 Å². The van der Waals surface area contributed by atoms with Crippen LogP contribution in [0.5, 0.6) is 0 Å². The van der Waals surface area contributed by atoms with E-state index in [1.165, 1.54) is 12.1 Å². The Morgan fingerprint density at radius 3 is 2.33 bits per heavy atom. The molecule has 82 valence electrons. The number of anilines is 1. The van der Waals surface area contributed by atoms with Crippen LogP contribution in [0.2, 0.25) is 0 Å². The van der Waals surface area contributed by atoms with E-state index in [4.69, 9.17) is 10.7 Å². The van der Waals surface area contributed by atoms with Crippen LogP contribution in [0.1, 0.15) is 12.8 Å². The maximum Gasteiger partial charge on any atom is 0.123 e. The fourth-order valence-corrected chi connectivity index (χ4v) is 1.90. The molecule has 2 N–H and O–H groups in total. The summed E-state index contributed by atoms with van der Waals surface area (Å²) in [6.07, 6.45) is 2.02. The lowest BCUT2D eigenvalue weighted by atomic mass is 10.1. The molecule has 1 heterocycles. The molecular formula is C11H15FN2O. The predicted octanol–water partition coefficient (Wildman–Crippen LogP) is 1.68. The van der Waals surface area contributed by atoms with Crippen molar-refractivity contribution < 1.29 is 9.23 Å². The Morgan fingerprint density at radius 2 is 1.80 bits per heavy atom. The molecule has 0 amide bonds. The van der Waals surface area contributed by atoms with E-state index in [2.05, 4.69) is 4.90 Å². The molecule has 1 aliphatic rings. The fraction of sp³-hybridized carbons (Fsp3) is 0.455. The lowest BCUT2D eigenvalue weighted by Gasteiger charge is -2.32. The summed E-state index contributed by atoms with van der Waals surface area (Å²) in [7, 11) is 0. The summed E-state index contributed by atoms with van der Waals surface area (Å²) < 4.78 is 12.7. The molecule has 0 unspecified atom stereocenters. The predicted molar refractivity (Wildman–Crippen MR) is 56.9 cm³/mol. The molecule has 1 fully saturated rings. The van der Waals surface area contributed by atoms with Gasteiger partial charge in [0, 0.05) is 18.8 Å². The first-order valence-corrected chi connectivity index (χ1v) is 5.15. The van der Waals surface area contributed by atoms with Crippen LogP contribution >= 0.6 is 0 Å². The van der Waals surface area contributed by atoms with Gasteiger partial charge in [-0.25, -0.2) is 10.3 Å². The zero-order valence-corrected chi connectivity index (χ0v) is 8.53. The van der Waals surface area contributed by atoms with E-state index in [9.17, 15) is 4.39 Å². The third-order valence-corrected chi connectivity index (χ3v) is 2.83. The van der Waals surface area contributed by atoms with Gasteiger partial charge in [0.15, 0.2) is 0 Å². The Hall–Kier alpha value is -1.13. The van der Waals surface area contributed by atoms with Crippen molar-refractivity contribution >= 4 is 5.69 Å². The number of hydrogen-bond acceptors (Lipinski definition) is 3. The van der Waals surface area contributed by atoms with Crippen molar-refractivity contribution in [3.05, 3.63) is 30.1 Å². The van der Waals surface area contributed by atoms with Crippen molar-refractivity contribution in [1.29, 1.82) is 0 Å². The minimum absolute atomic E-state index is 0.168. The Labute approximate surface area is 88.6 Å². The zero-order valence-electron chi connectivity index (χ0n) is 8.53. The van der Waals surface area contributed by atoms with Gasteiger partial charge in [0.25, 0.3) is 0 Å². The smallest absolute Gasteiger partial charge is 0.123 e. The van der Waals surface area contributed by atoms with Crippen molar-refractivity contribution in [3.8, 4) is 0 Å². The van der Waals surface area contributed by atoms with Crippen LogP contribution in [-0.2, 0) is 4.84 Å². The fourth-order valence-electron chi connectivity index (χ4n) is 1.90. The highest BCUT2D eigenvalue weighted by Crippen LogP contribution is 2.20. The lowest BCUT2D eigenvalue weighted by molar-refractivity contribution is 0.0367. The summed E-state index contributed by atoms with van der Waals surface area (Å²) in [6, 6.07) is 6.58. The van der Waals surface area contributed by atoms with Crippen LogP contribution in [0.15, 0.2) is 24.3 Å². The van der Waals surface area contributed by atoms with Gasteiger partial charge in [-0.3, -0.25) is 0 Å². The molecule has 0 bridgehead atoms. The van der Waals surface area contributed by atoms with Crippen molar-refractivity contribution in [1.82, 2.24) is 0 Å². The minimum Gasteiger partial charge on any atom is -0.371 e. The van der Waals surface area contributed by atoms with Crippen LogP contribution < -0.4 is 10.8 Å². The summed E-state index contributed by atoms with van der Waals surface area (Å²) >= 11 is 0. The quantitative estimate of drug-likeness (QED) is 0.755. The average molecular weight is 210 g/mol. The second-order valence-electron chi connectivity index (χ2n) is 3.80. The van der Waals surface area contributed by atoms with Gasteiger partial charge >= 0.3 is 0 Å². The molecular weight excluding hydrogens is 195 g/mol. The van der Waals surface area contributed by atoms with Gasteiger partial charge in [0.2, 0.25) is 0 Å². The molecule has 1 aliphatic heterocycles. The Bertz CT molecular complexity index is 307. The summed E-state index contributed by atoms with van der Waals surface area (Å²) in [5.41, 5.74) is 1.06. The molecule has 0 aromatic heterocycles. The van der Waals surface area contributed by atoms with Crippen molar-refractivity contribution in [3.63, 3.8) is 0 Å². The first kappa shape index (κ1) is 10.4. The number of rotatable bonds is 2. The van der Waals surface area contributed by atoms with Gasteiger partial charge in [-0.2, -0.15) is 0 Å². The molecule has 0 saturated carbocycles. The van der Waals surface area contributed by atoms with Crippen molar-refractivity contribution in [2.45, 2.75) is 18.9 Å². The summed E-state index contributed by atoms with van der Waals surface area (Å²) in [5.74, 6) is 4.94. The highest BCUT2D eigenvalue weighted by molar-refractivity contribution is 5.46. The third-order valence-electron chi connectivity index (χ3n) is 2.83. The van der Waals surface area contributed by atoms with Crippen molar-refractivity contribution in [2.24, 2.45) is 5.90 Å². The van der Waals surface area contributed by atoms with E-state index in [0.717, 1.165) is 31.6 Å². The van der Waals surface area contributed by atoms with E-state index >= 15 is 0 Å². The zero-order chi connectivity index (χ0) is 10.7. The van der Waals surface area contributed by atoms with E-state index in [1.54, 1.807) is 12.1 Å². The van der Waals surface area contributed by atoms with Crippen LogP contribution in [0, 0.1) is 5.82 Å². The molecule has 1 aromatic carbocycles. The number of hydrogen-bond donors (Lipinski definition) is 1. The highest BCUT2D eigenvalue weighted by Gasteiger charge is 2.19. The first-order valence-electron chi connectivity index (χ1n) is 5.15. The maximum atomic E-state index is 12.7. The lowest BCUT2D eigenvalue weighted by Crippen LogP contribution is -2.37. The molecule has 3 nitrogen and oxygen atoms in total. The minimum atomic E-state index is -0.195. The van der Waals surface area contributed by atoms with Gasteiger partial charge in [0.1, 0.15) is 5.82 Å². The second kappa shape index (κ2) is 4.59. The number of piperidine rings is 1. The van der Waals surface area contributed by atoms with Gasteiger partial charge < -0.3 is 9.74 Å². The Balaban J connectivity index is 1.98. The van der Waals surface area contributed by atoms with Crippen LogP contribution in [0.3, 0.4) is 0 Å². The number of nitrogens with two attached hydrogens (primary N) is 1. The summed E-state index contributed by atoms with van der Waals surface area (Å²) in [4.78, 5) is 7.02. The molecule has 1 saturated heterocycles. The molecule has 0 spiro atoms. The molecule has 4 heteroatoms.